The van der Waals surface area contributed by atoms with E-state index in [0.717, 1.165) is 6.20 Å². The molecule has 77 valence electrons. The Bertz CT molecular complexity index is 481. The van der Waals surface area contributed by atoms with Crippen LogP contribution in [-0.2, 0) is 0 Å². The third kappa shape index (κ3) is 2.37. The Morgan fingerprint density at radius 2 is 1.93 bits per heavy atom. The smallest absolute Gasteiger partial charge is 0.403 e. The zero-order valence-electron chi connectivity index (χ0n) is 7.38. The van der Waals surface area contributed by atoms with Crippen molar-refractivity contribution < 1.29 is 17.9 Å². The molecule has 2 rings (SSSR count). The molecule has 5 heteroatoms. The van der Waals surface area contributed by atoms with Crippen LogP contribution in [0.1, 0.15) is 0 Å². The number of para-hydroxylation sites is 1. The van der Waals surface area contributed by atoms with Gasteiger partial charge in [-0.1, -0.05) is 18.2 Å². The van der Waals surface area contributed by atoms with Crippen molar-refractivity contribution >= 4 is 10.9 Å². The molecule has 1 aromatic heterocycles. The molecule has 0 saturated heterocycles. The molecule has 0 spiro atoms. The number of rotatable bonds is 1. The first-order valence-electron chi connectivity index (χ1n) is 4.07. The summed E-state index contributed by atoms with van der Waals surface area (Å²) in [6.07, 6.45) is -3.71. The van der Waals surface area contributed by atoms with Crippen LogP contribution in [0, 0.1) is 6.07 Å². The van der Waals surface area contributed by atoms with Crippen LogP contribution in [0.25, 0.3) is 10.9 Å². The number of pyridine rings is 1. The fraction of sp³-hybridized carbons (Fsp3) is 0.100. The van der Waals surface area contributed by atoms with Gasteiger partial charge in [-0.25, -0.2) is 0 Å². The predicted molar refractivity (Wildman–Crippen MR) is 47.3 cm³/mol. The normalized spacial score (nSPS) is 11.7. The van der Waals surface area contributed by atoms with Crippen LogP contribution in [0.2, 0.25) is 0 Å². The Kier molecular flexibility index (Phi) is 2.22. The van der Waals surface area contributed by atoms with E-state index in [0.29, 0.717) is 10.9 Å². The van der Waals surface area contributed by atoms with Crippen molar-refractivity contribution in [2.24, 2.45) is 0 Å². The molecular weight excluding hydrogens is 207 g/mol. The first-order valence-corrected chi connectivity index (χ1v) is 4.07. The van der Waals surface area contributed by atoms with Gasteiger partial charge in [0.05, 0.1) is 11.7 Å². The van der Waals surface area contributed by atoms with E-state index >= 15 is 0 Å². The van der Waals surface area contributed by atoms with Crippen LogP contribution in [-0.4, -0.2) is 11.3 Å². The van der Waals surface area contributed by atoms with Crippen molar-refractivity contribution in [2.45, 2.75) is 6.36 Å². The van der Waals surface area contributed by atoms with E-state index in [9.17, 15) is 13.2 Å². The average molecular weight is 212 g/mol. The number of ether oxygens (including phenoxy) is 1. The van der Waals surface area contributed by atoms with Gasteiger partial charge in [-0.05, 0) is 6.07 Å². The molecule has 1 aromatic carbocycles. The summed E-state index contributed by atoms with van der Waals surface area (Å²) in [6, 6.07) is 9.21. The van der Waals surface area contributed by atoms with Gasteiger partial charge in [0.1, 0.15) is 0 Å². The summed E-state index contributed by atoms with van der Waals surface area (Å²) in [7, 11) is 0. The predicted octanol–water partition coefficient (Wildman–Crippen LogP) is 2.93. The van der Waals surface area contributed by atoms with E-state index in [2.05, 4.69) is 15.8 Å². The molecular formula is C10H5F3NO. The first-order chi connectivity index (χ1) is 7.04. The molecule has 0 aliphatic rings. The number of nitrogens with zero attached hydrogens (tertiary/aromatic N) is 1. The highest BCUT2D eigenvalue weighted by Gasteiger charge is 2.31. The summed E-state index contributed by atoms with van der Waals surface area (Å²) in [5.74, 6) is -0.429. The fourth-order valence-electron chi connectivity index (χ4n) is 1.16. The molecule has 0 saturated carbocycles. The van der Waals surface area contributed by atoms with E-state index in [1.165, 1.54) is 0 Å². The molecule has 0 unspecified atom stereocenters. The van der Waals surface area contributed by atoms with Gasteiger partial charge in [-0.15, -0.1) is 13.2 Å². The summed E-state index contributed by atoms with van der Waals surface area (Å²) in [4.78, 5) is 3.81. The lowest BCUT2D eigenvalue weighted by Crippen LogP contribution is -2.17. The summed E-state index contributed by atoms with van der Waals surface area (Å²) in [5, 5.41) is 0.485. The first kappa shape index (κ1) is 9.76. The highest BCUT2D eigenvalue weighted by atomic mass is 19.4. The van der Waals surface area contributed by atoms with Gasteiger partial charge in [0.15, 0.2) is 5.75 Å². The number of hydrogen-bond donors (Lipinski definition) is 0. The van der Waals surface area contributed by atoms with Gasteiger partial charge in [0, 0.05) is 11.5 Å². The molecule has 2 nitrogen and oxygen atoms in total. The number of alkyl halides is 3. The zero-order valence-corrected chi connectivity index (χ0v) is 7.38. The van der Waals surface area contributed by atoms with Crippen LogP contribution in [0.4, 0.5) is 13.2 Å². The number of hydrogen-bond acceptors (Lipinski definition) is 2. The molecule has 0 N–H and O–H groups in total. The molecule has 0 aliphatic carbocycles. The molecule has 0 aliphatic heterocycles. The number of halogens is 3. The summed E-state index contributed by atoms with van der Waals surface area (Å²) in [6.45, 7) is 0. The minimum absolute atomic E-state index is 0.429. The highest BCUT2D eigenvalue weighted by Crippen LogP contribution is 2.23. The fourth-order valence-corrected chi connectivity index (χ4v) is 1.16. The number of fused-ring (bicyclic) bond motifs is 1. The Hall–Kier alpha value is -1.78. The zero-order chi connectivity index (χ0) is 10.9. The van der Waals surface area contributed by atoms with E-state index in [-0.39, 0.29) is 0 Å². The second-order valence-corrected chi connectivity index (χ2v) is 2.81. The lowest BCUT2D eigenvalue weighted by Gasteiger charge is -2.08. The van der Waals surface area contributed by atoms with E-state index in [1.54, 1.807) is 24.3 Å². The SMILES string of the molecule is FC(F)(F)Oc1[c]c2ccccc2nc1. The van der Waals surface area contributed by atoms with Crippen molar-refractivity contribution in [2.75, 3.05) is 0 Å². The lowest BCUT2D eigenvalue weighted by molar-refractivity contribution is -0.274. The Labute approximate surface area is 83.3 Å². The quantitative estimate of drug-likeness (QED) is 0.725. The third-order valence-corrected chi connectivity index (χ3v) is 1.71. The van der Waals surface area contributed by atoms with Crippen LogP contribution in [0.5, 0.6) is 5.75 Å². The van der Waals surface area contributed by atoms with E-state index in [4.69, 9.17) is 0 Å². The Balaban J connectivity index is 2.39. The average Bonchev–Trinajstić information content (AvgIpc) is 2.15. The van der Waals surface area contributed by atoms with E-state index in [1.807, 2.05) is 0 Å². The standard InChI is InChI=1S/C10H5F3NO/c11-10(12,13)15-8-5-7-3-1-2-4-9(7)14-6-8/h1-4,6H. The second kappa shape index (κ2) is 3.42. The molecule has 1 heterocycles. The van der Waals surface area contributed by atoms with Gasteiger partial charge in [-0.2, -0.15) is 0 Å². The number of aromatic nitrogens is 1. The maximum atomic E-state index is 11.9. The van der Waals surface area contributed by atoms with Gasteiger partial charge < -0.3 is 4.74 Å². The van der Waals surface area contributed by atoms with E-state index < -0.39 is 12.1 Å². The Morgan fingerprint density at radius 1 is 1.20 bits per heavy atom. The monoisotopic (exact) mass is 212 g/mol. The minimum Gasteiger partial charge on any atom is -0.403 e. The summed E-state index contributed by atoms with van der Waals surface area (Å²) < 4.78 is 39.3. The topological polar surface area (TPSA) is 22.1 Å². The van der Waals surface area contributed by atoms with Crippen molar-refractivity contribution in [3.63, 3.8) is 0 Å². The maximum absolute atomic E-state index is 11.9. The summed E-state index contributed by atoms with van der Waals surface area (Å²) >= 11 is 0. The van der Waals surface area contributed by atoms with Gasteiger partial charge in [0.2, 0.25) is 0 Å². The van der Waals surface area contributed by atoms with Gasteiger partial charge in [-0.3, -0.25) is 4.98 Å². The lowest BCUT2D eigenvalue weighted by atomic mass is 10.2. The van der Waals surface area contributed by atoms with Crippen LogP contribution in [0.3, 0.4) is 0 Å². The Morgan fingerprint density at radius 3 is 2.67 bits per heavy atom. The van der Waals surface area contributed by atoms with Crippen LogP contribution >= 0.6 is 0 Å². The number of benzene rings is 1. The third-order valence-electron chi connectivity index (χ3n) is 1.71. The molecule has 0 atom stereocenters. The molecule has 0 fully saturated rings. The van der Waals surface area contributed by atoms with Crippen LogP contribution < -0.4 is 4.74 Å². The largest absolute Gasteiger partial charge is 0.573 e. The molecule has 1 radical (unpaired) electrons. The molecule has 0 amide bonds. The maximum Gasteiger partial charge on any atom is 0.573 e. The molecule has 2 aromatic rings. The second-order valence-electron chi connectivity index (χ2n) is 2.81. The van der Waals surface area contributed by atoms with Gasteiger partial charge in [0.25, 0.3) is 0 Å². The summed E-state index contributed by atoms with van der Waals surface area (Å²) in [5.41, 5.74) is 0.576. The molecule has 0 bridgehead atoms. The highest BCUT2D eigenvalue weighted by molar-refractivity contribution is 5.78. The van der Waals surface area contributed by atoms with Crippen molar-refractivity contribution in [1.82, 2.24) is 4.98 Å². The minimum atomic E-state index is -4.71. The van der Waals surface area contributed by atoms with Gasteiger partial charge >= 0.3 is 6.36 Å². The molecule has 15 heavy (non-hydrogen) atoms. The van der Waals surface area contributed by atoms with Crippen molar-refractivity contribution in [3.8, 4) is 5.75 Å². The van der Waals surface area contributed by atoms with Crippen molar-refractivity contribution in [1.29, 1.82) is 0 Å². The van der Waals surface area contributed by atoms with Crippen molar-refractivity contribution in [3.05, 3.63) is 36.5 Å². The van der Waals surface area contributed by atoms with Crippen LogP contribution in [0.15, 0.2) is 30.5 Å².